The highest BCUT2D eigenvalue weighted by Crippen LogP contribution is 2.19. The molecule has 460 valence electrons. The molecule has 6 nitrogen and oxygen atoms in total. The lowest BCUT2D eigenvalue weighted by Gasteiger charge is -2.18. The van der Waals surface area contributed by atoms with Crippen molar-refractivity contribution >= 4 is 17.9 Å². The lowest BCUT2D eigenvalue weighted by molar-refractivity contribution is -0.167. The average molecular weight is 1100 g/mol. The van der Waals surface area contributed by atoms with Crippen LogP contribution in [0.2, 0.25) is 0 Å². The van der Waals surface area contributed by atoms with Gasteiger partial charge >= 0.3 is 17.9 Å². The summed E-state index contributed by atoms with van der Waals surface area (Å²) < 4.78 is 17.0. The number of unbranched alkanes of at least 4 members (excludes halogenated alkanes) is 51. The van der Waals surface area contributed by atoms with Crippen LogP contribution < -0.4 is 0 Å². The summed E-state index contributed by atoms with van der Waals surface area (Å²) in [6, 6.07) is 0. The molecule has 0 saturated heterocycles. The van der Waals surface area contributed by atoms with Crippen LogP contribution in [-0.4, -0.2) is 37.2 Å². The van der Waals surface area contributed by atoms with Crippen molar-refractivity contribution in [3.63, 3.8) is 0 Å². The first kappa shape index (κ1) is 75.9. The van der Waals surface area contributed by atoms with E-state index in [0.29, 0.717) is 19.3 Å². The Morgan fingerprint density at radius 3 is 0.641 bits per heavy atom. The van der Waals surface area contributed by atoms with Crippen LogP contribution in [0.25, 0.3) is 0 Å². The van der Waals surface area contributed by atoms with Crippen LogP contribution >= 0.6 is 0 Å². The molecule has 6 heteroatoms. The van der Waals surface area contributed by atoms with Gasteiger partial charge in [-0.25, -0.2) is 0 Å². The topological polar surface area (TPSA) is 78.9 Å². The molecule has 0 spiro atoms. The van der Waals surface area contributed by atoms with Gasteiger partial charge in [-0.15, -0.1) is 0 Å². The Kier molecular flexibility index (Phi) is 65.6. The smallest absolute Gasteiger partial charge is 0.306 e. The maximum Gasteiger partial charge on any atom is 0.306 e. The molecule has 0 fully saturated rings. The van der Waals surface area contributed by atoms with E-state index in [-0.39, 0.29) is 31.1 Å². The van der Waals surface area contributed by atoms with E-state index in [1.54, 1.807) is 0 Å². The number of rotatable bonds is 66. The average Bonchev–Trinajstić information content (AvgIpc) is 3.44. The van der Waals surface area contributed by atoms with E-state index in [1.165, 1.54) is 295 Å². The molecule has 0 saturated carbocycles. The fourth-order valence-electron chi connectivity index (χ4n) is 10.8. The number of esters is 3. The Balaban J connectivity index is 4.22. The van der Waals surface area contributed by atoms with Crippen LogP contribution in [0, 0.1) is 0 Å². The third kappa shape index (κ3) is 64.7. The van der Waals surface area contributed by atoms with E-state index in [2.05, 4.69) is 45.1 Å². The molecular weight excluding hydrogens is 961 g/mol. The van der Waals surface area contributed by atoms with Gasteiger partial charge in [0.2, 0.25) is 0 Å². The fraction of sp³-hybridized carbons (Fsp3) is 0.903. The van der Waals surface area contributed by atoms with Crippen LogP contribution in [0.3, 0.4) is 0 Å². The number of carbonyl (C=O) groups excluding carboxylic acids is 3. The molecule has 78 heavy (non-hydrogen) atoms. The van der Waals surface area contributed by atoms with Gasteiger partial charge in [0, 0.05) is 19.3 Å². The standard InChI is InChI=1S/C72H136O6/c1-4-7-10-13-16-19-22-25-28-30-32-33-34-35-36-37-38-39-40-42-44-47-50-53-56-59-62-65-71(74)77-68-69(67-76-70(73)64-61-58-55-52-49-46-43-27-24-21-18-15-12-9-6-3)78-72(75)66-63-60-57-54-51-48-45-41-31-29-26-23-20-17-14-11-8-5-2/h27,29,31,43,69H,4-26,28,30,32-42,44-68H2,1-3H3/b31-29-,43-27-. The molecule has 0 rings (SSSR count). The zero-order valence-electron chi connectivity index (χ0n) is 53.0. The minimum Gasteiger partial charge on any atom is -0.462 e. The molecule has 0 bridgehead atoms. The second-order valence-corrected chi connectivity index (χ2v) is 24.1. The highest BCUT2D eigenvalue weighted by Gasteiger charge is 2.19. The molecule has 0 aliphatic rings. The van der Waals surface area contributed by atoms with Crippen molar-refractivity contribution in [1.82, 2.24) is 0 Å². The Morgan fingerprint density at radius 1 is 0.244 bits per heavy atom. The van der Waals surface area contributed by atoms with Crippen molar-refractivity contribution in [2.45, 2.75) is 406 Å². The Bertz CT molecular complexity index is 1260. The molecule has 0 N–H and O–H groups in total. The van der Waals surface area contributed by atoms with Crippen molar-refractivity contribution < 1.29 is 28.6 Å². The number of ether oxygens (including phenoxy) is 3. The van der Waals surface area contributed by atoms with Crippen molar-refractivity contribution in [3.05, 3.63) is 24.3 Å². The van der Waals surface area contributed by atoms with E-state index in [0.717, 1.165) is 64.2 Å². The number of allylic oxidation sites excluding steroid dienone is 4. The first-order chi connectivity index (χ1) is 38.5. The van der Waals surface area contributed by atoms with Crippen LogP contribution in [-0.2, 0) is 28.6 Å². The predicted molar refractivity (Wildman–Crippen MR) is 340 cm³/mol. The zero-order valence-corrected chi connectivity index (χ0v) is 53.0. The molecule has 1 atom stereocenters. The molecule has 0 aromatic heterocycles. The molecular formula is C72H136O6. The second kappa shape index (κ2) is 67.4. The van der Waals surface area contributed by atoms with Gasteiger partial charge < -0.3 is 14.2 Å². The Hall–Kier alpha value is -2.11. The molecule has 0 radical (unpaired) electrons. The van der Waals surface area contributed by atoms with E-state index in [4.69, 9.17) is 14.2 Å². The lowest BCUT2D eigenvalue weighted by atomic mass is 10.0. The monoisotopic (exact) mass is 1100 g/mol. The van der Waals surface area contributed by atoms with Crippen molar-refractivity contribution in [2.24, 2.45) is 0 Å². The maximum atomic E-state index is 12.9. The van der Waals surface area contributed by atoms with Gasteiger partial charge in [-0.1, -0.05) is 334 Å². The predicted octanol–water partition coefficient (Wildman–Crippen LogP) is 24.2. The zero-order chi connectivity index (χ0) is 56.4. The summed E-state index contributed by atoms with van der Waals surface area (Å²) in [4.78, 5) is 38.4. The van der Waals surface area contributed by atoms with Gasteiger partial charge in [0.25, 0.3) is 0 Å². The Labute approximate surface area is 487 Å². The molecule has 0 amide bonds. The minimum absolute atomic E-state index is 0.0704. The van der Waals surface area contributed by atoms with Crippen molar-refractivity contribution in [1.29, 1.82) is 0 Å². The third-order valence-electron chi connectivity index (χ3n) is 16.2. The molecule has 0 aliphatic heterocycles. The van der Waals surface area contributed by atoms with Crippen LogP contribution in [0.1, 0.15) is 400 Å². The number of carbonyl (C=O) groups is 3. The molecule has 1 unspecified atom stereocenters. The number of hydrogen-bond acceptors (Lipinski definition) is 6. The summed E-state index contributed by atoms with van der Waals surface area (Å²) in [6.45, 7) is 6.70. The van der Waals surface area contributed by atoms with E-state index in [9.17, 15) is 14.4 Å². The SMILES string of the molecule is CCCCCCCC/C=C\CCCCCCCC(=O)OCC(COC(=O)CCCCCCCCCCCCCCCCCCCCCCCCCCCCC)OC(=O)CCCCCCCCC/C=C\CCCCCCCCC. The highest BCUT2D eigenvalue weighted by molar-refractivity contribution is 5.71. The van der Waals surface area contributed by atoms with E-state index in [1.807, 2.05) is 0 Å². The molecule has 0 aromatic carbocycles. The van der Waals surface area contributed by atoms with Crippen LogP contribution in [0.5, 0.6) is 0 Å². The summed E-state index contributed by atoms with van der Waals surface area (Å²) in [5.41, 5.74) is 0. The van der Waals surface area contributed by atoms with E-state index >= 15 is 0 Å². The fourth-order valence-corrected chi connectivity index (χ4v) is 10.8. The summed E-state index contributed by atoms with van der Waals surface area (Å²) >= 11 is 0. The van der Waals surface area contributed by atoms with E-state index < -0.39 is 6.10 Å². The quantitative estimate of drug-likeness (QED) is 0.0261. The van der Waals surface area contributed by atoms with Crippen molar-refractivity contribution in [3.8, 4) is 0 Å². The summed E-state index contributed by atoms with van der Waals surface area (Å²) in [5.74, 6) is -0.853. The van der Waals surface area contributed by atoms with Crippen LogP contribution in [0.4, 0.5) is 0 Å². The molecule has 0 aliphatic carbocycles. The second-order valence-electron chi connectivity index (χ2n) is 24.1. The Morgan fingerprint density at radius 2 is 0.423 bits per heavy atom. The maximum absolute atomic E-state index is 12.9. The first-order valence-electron chi connectivity index (χ1n) is 35.3. The molecule has 0 aromatic rings. The van der Waals surface area contributed by atoms with Gasteiger partial charge in [0.1, 0.15) is 13.2 Å². The van der Waals surface area contributed by atoms with Gasteiger partial charge in [0.05, 0.1) is 0 Å². The summed E-state index contributed by atoms with van der Waals surface area (Å²) in [6.07, 6.45) is 82.1. The normalized spacial score (nSPS) is 12.1. The minimum atomic E-state index is -0.775. The summed E-state index contributed by atoms with van der Waals surface area (Å²) in [7, 11) is 0. The van der Waals surface area contributed by atoms with Crippen molar-refractivity contribution in [2.75, 3.05) is 13.2 Å². The van der Waals surface area contributed by atoms with Gasteiger partial charge in [-0.2, -0.15) is 0 Å². The summed E-state index contributed by atoms with van der Waals surface area (Å²) in [5, 5.41) is 0. The van der Waals surface area contributed by atoms with Gasteiger partial charge in [0.15, 0.2) is 6.10 Å². The highest BCUT2D eigenvalue weighted by atomic mass is 16.6. The third-order valence-corrected chi connectivity index (χ3v) is 16.2. The first-order valence-corrected chi connectivity index (χ1v) is 35.3. The van der Waals surface area contributed by atoms with Gasteiger partial charge in [-0.05, 0) is 70.6 Å². The van der Waals surface area contributed by atoms with Crippen LogP contribution in [0.15, 0.2) is 24.3 Å². The largest absolute Gasteiger partial charge is 0.462 e. The lowest BCUT2D eigenvalue weighted by Crippen LogP contribution is -2.30. The van der Waals surface area contributed by atoms with Gasteiger partial charge in [-0.3, -0.25) is 14.4 Å². The molecule has 0 heterocycles. The number of hydrogen-bond donors (Lipinski definition) is 0.